The van der Waals surface area contributed by atoms with Gasteiger partial charge in [-0.05, 0) is 44.4 Å². The zero-order valence-corrected chi connectivity index (χ0v) is 11.9. The van der Waals surface area contributed by atoms with E-state index >= 15 is 0 Å². The van der Waals surface area contributed by atoms with E-state index in [2.05, 4.69) is 31.3 Å². The quantitative estimate of drug-likeness (QED) is 0.685. The van der Waals surface area contributed by atoms with Crippen molar-refractivity contribution in [2.45, 2.75) is 58.5 Å². The average molecular weight is 253 g/mol. The van der Waals surface area contributed by atoms with E-state index in [1.54, 1.807) is 6.92 Å². The van der Waals surface area contributed by atoms with Gasteiger partial charge in [-0.25, -0.2) is 0 Å². The topological polar surface area (TPSA) is 49.3 Å². The minimum atomic E-state index is -0.786. The molecule has 0 spiro atoms. The number of amides is 1. The molecule has 0 saturated carbocycles. The fourth-order valence-electron chi connectivity index (χ4n) is 2.15. The van der Waals surface area contributed by atoms with E-state index in [1.165, 1.54) is 0 Å². The van der Waals surface area contributed by atoms with E-state index in [0.29, 0.717) is 24.8 Å². The molecule has 104 valence electrons. The molecule has 0 saturated heterocycles. The van der Waals surface area contributed by atoms with Crippen LogP contribution in [-0.4, -0.2) is 23.2 Å². The van der Waals surface area contributed by atoms with Crippen LogP contribution in [0.1, 0.15) is 52.9 Å². The molecule has 1 aliphatic rings. The van der Waals surface area contributed by atoms with Crippen molar-refractivity contribution in [1.29, 1.82) is 0 Å². The smallest absolute Gasteiger partial charge is 0.220 e. The third kappa shape index (κ3) is 6.20. The van der Waals surface area contributed by atoms with Gasteiger partial charge in [-0.2, -0.15) is 0 Å². The highest BCUT2D eigenvalue weighted by atomic mass is 16.3. The van der Waals surface area contributed by atoms with E-state index in [0.717, 1.165) is 25.7 Å². The van der Waals surface area contributed by atoms with Crippen molar-refractivity contribution >= 4 is 5.91 Å². The summed E-state index contributed by atoms with van der Waals surface area (Å²) < 4.78 is 0. The van der Waals surface area contributed by atoms with Crippen molar-refractivity contribution in [3.8, 4) is 0 Å². The van der Waals surface area contributed by atoms with Gasteiger partial charge in [0.2, 0.25) is 5.91 Å². The van der Waals surface area contributed by atoms with E-state index in [4.69, 9.17) is 0 Å². The number of carbonyl (C=O) groups is 1. The van der Waals surface area contributed by atoms with Gasteiger partial charge >= 0.3 is 0 Å². The SMILES string of the molecule is CC(C)CCC(C)(O)CNC(=O)CC1C=CCC1. The number of carbonyl (C=O) groups excluding carboxylic acids is 1. The minimum Gasteiger partial charge on any atom is -0.388 e. The molecule has 0 aromatic heterocycles. The standard InChI is InChI=1S/C15H27NO2/c1-12(2)8-9-15(3,18)11-16-14(17)10-13-6-4-5-7-13/h4,6,12-13,18H,5,7-11H2,1-3H3,(H,16,17). The van der Waals surface area contributed by atoms with Crippen LogP contribution in [-0.2, 0) is 4.79 Å². The van der Waals surface area contributed by atoms with Crippen molar-refractivity contribution in [3.63, 3.8) is 0 Å². The van der Waals surface area contributed by atoms with Gasteiger partial charge in [0, 0.05) is 13.0 Å². The third-order valence-electron chi connectivity index (χ3n) is 3.49. The third-order valence-corrected chi connectivity index (χ3v) is 3.49. The molecule has 2 unspecified atom stereocenters. The van der Waals surface area contributed by atoms with Gasteiger partial charge in [-0.15, -0.1) is 0 Å². The van der Waals surface area contributed by atoms with Crippen LogP contribution in [0.3, 0.4) is 0 Å². The van der Waals surface area contributed by atoms with Crippen molar-refractivity contribution in [3.05, 3.63) is 12.2 Å². The fraction of sp³-hybridized carbons (Fsp3) is 0.800. The lowest BCUT2D eigenvalue weighted by atomic mass is 9.95. The maximum absolute atomic E-state index is 11.7. The molecule has 0 aromatic rings. The molecule has 2 N–H and O–H groups in total. The first-order chi connectivity index (χ1) is 8.39. The van der Waals surface area contributed by atoms with Crippen LogP contribution in [0, 0.1) is 11.8 Å². The lowest BCUT2D eigenvalue weighted by molar-refractivity contribution is -0.122. The van der Waals surface area contributed by atoms with Crippen molar-refractivity contribution in [1.82, 2.24) is 5.32 Å². The molecule has 0 radical (unpaired) electrons. The number of hydrogen-bond acceptors (Lipinski definition) is 2. The molecule has 1 aliphatic carbocycles. The zero-order valence-electron chi connectivity index (χ0n) is 11.9. The van der Waals surface area contributed by atoms with Crippen molar-refractivity contribution < 1.29 is 9.90 Å². The molecule has 1 rings (SSSR count). The first-order valence-corrected chi connectivity index (χ1v) is 7.05. The molecule has 18 heavy (non-hydrogen) atoms. The molecular weight excluding hydrogens is 226 g/mol. The summed E-state index contributed by atoms with van der Waals surface area (Å²) >= 11 is 0. The summed E-state index contributed by atoms with van der Waals surface area (Å²) in [5, 5.41) is 13.0. The van der Waals surface area contributed by atoms with Crippen LogP contribution in [0.2, 0.25) is 0 Å². The summed E-state index contributed by atoms with van der Waals surface area (Å²) in [6, 6.07) is 0. The second-order valence-corrected chi connectivity index (χ2v) is 6.18. The molecule has 0 aliphatic heterocycles. The maximum Gasteiger partial charge on any atom is 0.220 e. The maximum atomic E-state index is 11.7. The van der Waals surface area contributed by atoms with Gasteiger partial charge < -0.3 is 10.4 Å². The van der Waals surface area contributed by atoms with Crippen LogP contribution in [0.25, 0.3) is 0 Å². The Kier molecular flexibility index (Phi) is 5.86. The van der Waals surface area contributed by atoms with Gasteiger partial charge in [0.05, 0.1) is 5.60 Å². The molecule has 0 aromatic carbocycles. The van der Waals surface area contributed by atoms with Gasteiger partial charge in [-0.3, -0.25) is 4.79 Å². The molecule has 3 nitrogen and oxygen atoms in total. The molecule has 0 heterocycles. The lowest BCUT2D eigenvalue weighted by Crippen LogP contribution is -2.41. The summed E-state index contributed by atoms with van der Waals surface area (Å²) in [5.74, 6) is 1.03. The number of hydrogen-bond donors (Lipinski definition) is 2. The summed E-state index contributed by atoms with van der Waals surface area (Å²) in [4.78, 5) is 11.7. The Labute approximate surface area is 111 Å². The first-order valence-electron chi connectivity index (χ1n) is 7.05. The Hall–Kier alpha value is -0.830. The number of allylic oxidation sites excluding steroid dienone is 2. The average Bonchev–Trinajstić information content (AvgIpc) is 2.77. The Bertz CT molecular complexity index is 295. The lowest BCUT2D eigenvalue weighted by Gasteiger charge is -2.24. The van der Waals surface area contributed by atoms with Gasteiger partial charge in [0.25, 0.3) is 0 Å². The van der Waals surface area contributed by atoms with E-state index in [9.17, 15) is 9.90 Å². The van der Waals surface area contributed by atoms with Gasteiger partial charge in [0.15, 0.2) is 0 Å². The molecule has 0 fully saturated rings. The van der Waals surface area contributed by atoms with Crippen LogP contribution in [0.5, 0.6) is 0 Å². The molecule has 0 bridgehead atoms. The predicted octanol–water partition coefficient (Wildman–Crippen LogP) is 2.65. The number of aliphatic hydroxyl groups is 1. The minimum absolute atomic E-state index is 0.0522. The second kappa shape index (κ2) is 6.93. The molecule has 1 amide bonds. The highest BCUT2D eigenvalue weighted by Crippen LogP contribution is 2.20. The molecular formula is C15H27NO2. The largest absolute Gasteiger partial charge is 0.388 e. The molecule has 3 heteroatoms. The number of rotatable bonds is 7. The monoisotopic (exact) mass is 253 g/mol. The normalized spacial score (nSPS) is 22.2. The number of nitrogens with one attached hydrogen (secondary N) is 1. The van der Waals surface area contributed by atoms with E-state index in [-0.39, 0.29) is 5.91 Å². The predicted molar refractivity (Wildman–Crippen MR) is 74.2 cm³/mol. The first kappa shape index (κ1) is 15.2. The fourth-order valence-corrected chi connectivity index (χ4v) is 2.15. The highest BCUT2D eigenvalue weighted by Gasteiger charge is 2.22. The van der Waals surface area contributed by atoms with E-state index < -0.39 is 5.60 Å². The van der Waals surface area contributed by atoms with Crippen LogP contribution in [0.15, 0.2) is 12.2 Å². The van der Waals surface area contributed by atoms with Gasteiger partial charge in [-0.1, -0.05) is 26.0 Å². The summed E-state index contributed by atoms with van der Waals surface area (Å²) in [6.07, 6.45) is 8.69. The van der Waals surface area contributed by atoms with Crippen molar-refractivity contribution in [2.75, 3.05) is 6.54 Å². The second-order valence-electron chi connectivity index (χ2n) is 6.18. The summed E-state index contributed by atoms with van der Waals surface area (Å²) in [6.45, 7) is 6.43. The Morgan fingerprint density at radius 2 is 2.28 bits per heavy atom. The van der Waals surface area contributed by atoms with Crippen LogP contribution < -0.4 is 5.32 Å². The zero-order chi connectivity index (χ0) is 13.6. The highest BCUT2D eigenvalue weighted by molar-refractivity contribution is 5.76. The molecule has 2 atom stereocenters. The summed E-state index contributed by atoms with van der Waals surface area (Å²) in [5.41, 5.74) is -0.786. The van der Waals surface area contributed by atoms with Crippen LogP contribution in [0.4, 0.5) is 0 Å². The summed E-state index contributed by atoms with van der Waals surface area (Å²) in [7, 11) is 0. The van der Waals surface area contributed by atoms with Crippen molar-refractivity contribution in [2.24, 2.45) is 11.8 Å². The Morgan fingerprint density at radius 3 is 2.83 bits per heavy atom. The van der Waals surface area contributed by atoms with Crippen LogP contribution >= 0.6 is 0 Å². The Morgan fingerprint density at radius 1 is 1.56 bits per heavy atom. The Balaban J connectivity index is 2.21. The van der Waals surface area contributed by atoms with E-state index in [1.807, 2.05) is 0 Å². The van der Waals surface area contributed by atoms with Gasteiger partial charge in [0.1, 0.15) is 0 Å².